The van der Waals surface area contributed by atoms with Gasteiger partial charge >= 0.3 is 6.03 Å². The zero-order valence-corrected chi connectivity index (χ0v) is 5.95. The minimum absolute atomic E-state index is 0.646. The lowest BCUT2D eigenvalue weighted by Gasteiger charge is -1.91. The van der Waals surface area contributed by atoms with Crippen LogP contribution in [0.3, 0.4) is 0 Å². The van der Waals surface area contributed by atoms with Crippen LogP contribution in [0.15, 0.2) is 28.9 Å². The van der Waals surface area contributed by atoms with E-state index in [1.165, 1.54) is 0 Å². The summed E-state index contributed by atoms with van der Waals surface area (Å²) in [6.07, 6.45) is 8.30. The van der Waals surface area contributed by atoms with Crippen LogP contribution in [0.1, 0.15) is 6.42 Å². The molecule has 0 spiro atoms. The van der Waals surface area contributed by atoms with Gasteiger partial charge in [-0.3, -0.25) is 0 Å². The van der Waals surface area contributed by atoms with Crippen molar-refractivity contribution in [2.75, 3.05) is 0 Å². The van der Waals surface area contributed by atoms with Crippen molar-refractivity contribution in [1.29, 1.82) is 0 Å². The number of carbonyl (C=O) groups excluding carboxylic acids is 1. The minimum Gasteiger partial charge on any atom is -0.350 e. The van der Waals surface area contributed by atoms with Crippen LogP contribution in [-0.2, 0) is 0 Å². The molecule has 0 aromatic heterocycles. The van der Waals surface area contributed by atoms with Crippen LogP contribution in [0.25, 0.3) is 0 Å². The highest BCUT2D eigenvalue weighted by molar-refractivity contribution is 5.82. The first-order valence-corrected chi connectivity index (χ1v) is 3.23. The molecule has 0 saturated heterocycles. The van der Waals surface area contributed by atoms with Gasteiger partial charge in [0, 0.05) is 0 Å². The highest BCUT2D eigenvalue weighted by atomic mass is 16.2. The normalized spacial score (nSPS) is 15.5. The van der Waals surface area contributed by atoms with E-state index in [0.29, 0.717) is 0 Å². The second-order valence-corrected chi connectivity index (χ2v) is 2.11. The molecule has 0 atom stereocenters. The average molecular weight is 151 g/mol. The number of hydrogen-bond donors (Lipinski definition) is 2. The summed E-state index contributed by atoms with van der Waals surface area (Å²) in [5.41, 5.74) is 7.94. The first kappa shape index (κ1) is 7.53. The molecular weight excluding hydrogens is 142 g/mol. The maximum atomic E-state index is 10.1. The summed E-state index contributed by atoms with van der Waals surface area (Å²) in [4.78, 5) is 10.1. The maximum absolute atomic E-state index is 10.1. The van der Waals surface area contributed by atoms with Gasteiger partial charge in [0.05, 0.1) is 6.21 Å². The number of urea groups is 1. The third kappa shape index (κ3) is 2.66. The van der Waals surface area contributed by atoms with Gasteiger partial charge in [-0.2, -0.15) is 5.10 Å². The Hall–Kier alpha value is -1.58. The van der Waals surface area contributed by atoms with Crippen LogP contribution in [0.5, 0.6) is 0 Å². The molecule has 0 aromatic carbocycles. The van der Waals surface area contributed by atoms with Crippen molar-refractivity contribution in [3.63, 3.8) is 0 Å². The summed E-state index contributed by atoms with van der Waals surface area (Å²) in [5.74, 6) is 0. The fourth-order valence-electron chi connectivity index (χ4n) is 0.738. The summed E-state index contributed by atoms with van der Waals surface area (Å²) >= 11 is 0. The maximum Gasteiger partial charge on any atom is 0.332 e. The number of rotatable bonds is 2. The van der Waals surface area contributed by atoms with Gasteiger partial charge in [-0.1, -0.05) is 18.2 Å². The van der Waals surface area contributed by atoms with Gasteiger partial charge in [-0.25, -0.2) is 10.2 Å². The van der Waals surface area contributed by atoms with Crippen molar-refractivity contribution in [2.45, 2.75) is 6.42 Å². The molecule has 0 radical (unpaired) electrons. The van der Waals surface area contributed by atoms with Crippen LogP contribution in [-0.4, -0.2) is 12.2 Å². The summed E-state index contributed by atoms with van der Waals surface area (Å²) in [6, 6.07) is -0.646. The molecule has 1 aliphatic carbocycles. The Labute approximate surface area is 64.5 Å². The molecule has 1 rings (SSSR count). The molecule has 4 heteroatoms. The highest BCUT2D eigenvalue weighted by Crippen LogP contribution is 2.06. The largest absolute Gasteiger partial charge is 0.350 e. The number of hydrazone groups is 1. The van der Waals surface area contributed by atoms with E-state index < -0.39 is 6.03 Å². The number of nitrogens with two attached hydrogens (primary N) is 1. The van der Waals surface area contributed by atoms with E-state index in [1.807, 2.05) is 18.2 Å². The molecule has 2 amide bonds. The first-order valence-electron chi connectivity index (χ1n) is 3.23. The predicted octanol–water partition coefficient (Wildman–Crippen LogP) is 0.527. The summed E-state index contributed by atoms with van der Waals surface area (Å²) in [5, 5.41) is 3.60. The van der Waals surface area contributed by atoms with Crippen molar-refractivity contribution in [3.8, 4) is 0 Å². The Morgan fingerprint density at radius 2 is 2.64 bits per heavy atom. The van der Waals surface area contributed by atoms with Crippen molar-refractivity contribution in [2.24, 2.45) is 10.8 Å². The van der Waals surface area contributed by atoms with Crippen molar-refractivity contribution < 1.29 is 4.79 Å². The number of nitrogens with zero attached hydrogens (tertiary/aromatic N) is 1. The van der Waals surface area contributed by atoms with Gasteiger partial charge in [0.1, 0.15) is 0 Å². The molecule has 0 aliphatic heterocycles. The van der Waals surface area contributed by atoms with Gasteiger partial charge in [0.25, 0.3) is 0 Å². The Balaban J connectivity index is 2.30. The predicted molar refractivity (Wildman–Crippen MR) is 43.1 cm³/mol. The van der Waals surface area contributed by atoms with E-state index in [1.54, 1.807) is 6.21 Å². The first-order chi connectivity index (χ1) is 5.29. The molecular formula is C7H9N3O. The van der Waals surface area contributed by atoms with Gasteiger partial charge < -0.3 is 5.73 Å². The molecule has 1 aliphatic rings. The monoisotopic (exact) mass is 151 g/mol. The zero-order chi connectivity index (χ0) is 8.10. The lowest BCUT2D eigenvalue weighted by Crippen LogP contribution is -2.24. The van der Waals surface area contributed by atoms with Gasteiger partial charge in [-0.15, -0.1) is 0 Å². The number of hydrogen-bond acceptors (Lipinski definition) is 2. The average Bonchev–Trinajstić information content (AvgIpc) is 2.39. The molecule has 0 aromatic rings. The molecule has 3 N–H and O–H groups in total. The molecule has 58 valence electrons. The van der Waals surface area contributed by atoms with E-state index in [9.17, 15) is 4.79 Å². The second-order valence-electron chi connectivity index (χ2n) is 2.11. The smallest absolute Gasteiger partial charge is 0.332 e. The zero-order valence-electron chi connectivity index (χ0n) is 5.95. The topological polar surface area (TPSA) is 67.5 Å². The Morgan fingerprint density at radius 1 is 1.82 bits per heavy atom. The van der Waals surface area contributed by atoms with Crippen molar-refractivity contribution in [1.82, 2.24) is 5.43 Å². The molecule has 0 unspecified atom stereocenters. The number of carbonyl (C=O) groups is 1. The number of allylic oxidation sites excluding steroid dienone is 4. The fourth-order valence-corrected chi connectivity index (χ4v) is 0.738. The van der Waals surface area contributed by atoms with Crippen LogP contribution in [0.4, 0.5) is 4.79 Å². The summed E-state index contributed by atoms with van der Waals surface area (Å²) in [6.45, 7) is 0. The third-order valence-electron chi connectivity index (χ3n) is 1.21. The minimum atomic E-state index is -0.646. The molecule has 0 heterocycles. The quantitative estimate of drug-likeness (QED) is 0.438. The highest BCUT2D eigenvalue weighted by Gasteiger charge is 1.93. The van der Waals surface area contributed by atoms with E-state index in [2.05, 4.69) is 10.5 Å². The lowest BCUT2D eigenvalue weighted by molar-refractivity contribution is 0.249. The number of amides is 2. The Bertz CT molecular complexity index is 240. The van der Waals surface area contributed by atoms with Crippen LogP contribution in [0.2, 0.25) is 0 Å². The lowest BCUT2D eigenvalue weighted by atomic mass is 10.3. The molecule has 4 nitrogen and oxygen atoms in total. The van der Waals surface area contributed by atoms with E-state index in [4.69, 9.17) is 5.73 Å². The van der Waals surface area contributed by atoms with Crippen LogP contribution >= 0.6 is 0 Å². The Kier molecular flexibility index (Phi) is 2.43. The molecule has 0 fully saturated rings. The Morgan fingerprint density at radius 3 is 3.18 bits per heavy atom. The molecule has 0 bridgehead atoms. The number of nitrogens with one attached hydrogen (secondary N) is 1. The third-order valence-corrected chi connectivity index (χ3v) is 1.21. The number of primary amides is 1. The van der Waals surface area contributed by atoms with Crippen LogP contribution in [0, 0.1) is 0 Å². The van der Waals surface area contributed by atoms with Crippen molar-refractivity contribution >= 4 is 12.2 Å². The summed E-state index contributed by atoms with van der Waals surface area (Å²) < 4.78 is 0. The van der Waals surface area contributed by atoms with E-state index in [-0.39, 0.29) is 0 Å². The van der Waals surface area contributed by atoms with E-state index >= 15 is 0 Å². The SMILES string of the molecule is NC(=O)N/N=C/C1=CC=CC1. The standard InChI is InChI=1S/C7H9N3O/c8-7(11)10-9-5-6-3-1-2-4-6/h1-3,5H,4H2,(H3,8,10,11)/b9-5+. The van der Waals surface area contributed by atoms with E-state index in [0.717, 1.165) is 12.0 Å². The van der Waals surface area contributed by atoms with Crippen LogP contribution < -0.4 is 11.2 Å². The molecule has 0 saturated carbocycles. The van der Waals surface area contributed by atoms with Gasteiger partial charge in [0.2, 0.25) is 0 Å². The van der Waals surface area contributed by atoms with Gasteiger partial charge in [-0.05, 0) is 12.0 Å². The van der Waals surface area contributed by atoms with Gasteiger partial charge in [0.15, 0.2) is 0 Å². The fraction of sp³-hybridized carbons (Fsp3) is 0.143. The second kappa shape index (κ2) is 3.55. The van der Waals surface area contributed by atoms with Crippen molar-refractivity contribution in [3.05, 3.63) is 23.8 Å². The molecule has 11 heavy (non-hydrogen) atoms. The summed E-state index contributed by atoms with van der Waals surface area (Å²) in [7, 11) is 0.